The van der Waals surface area contributed by atoms with Crippen LogP contribution in [0.1, 0.15) is 43.8 Å². The summed E-state index contributed by atoms with van der Waals surface area (Å²) in [5, 5.41) is 0. The zero-order valence-electron chi connectivity index (χ0n) is 14.8. The second kappa shape index (κ2) is 8.81. The van der Waals surface area contributed by atoms with Crippen molar-refractivity contribution in [3.63, 3.8) is 0 Å². The van der Waals surface area contributed by atoms with E-state index in [0.29, 0.717) is 13.2 Å². The summed E-state index contributed by atoms with van der Waals surface area (Å²) in [5.74, 6) is -0.298. The van der Waals surface area contributed by atoms with Gasteiger partial charge in [-0.1, -0.05) is 49.6 Å². The molecule has 5 nitrogen and oxygen atoms in total. The van der Waals surface area contributed by atoms with Crippen LogP contribution in [0.3, 0.4) is 0 Å². The van der Waals surface area contributed by atoms with Gasteiger partial charge in [0.2, 0.25) is 6.33 Å². The molecule has 1 aliphatic carbocycles. The van der Waals surface area contributed by atoms with E-state index in [2.05, 4.69) is 0 Å². The molecule has 25 heavy (non-hydrogen) atoms. The van der Waals surface area contributed by atoms with Crippen LogP contribution in [0.5, 0.6) is 0 Å². The molecule has 1 aliphatic rings. The molecular weight excluding hydrogens is 316 g/mol. The van der Waals surface area contributed by atoms with Gasteiger partial charge in [0, 0.05) is 0 Å². The number of nitrogens with zero attached hydrogens (tertiary/aromatic N) is 2. The smallest absolute Gasteiger partial charge is 0.340 e. The summed E-state index contributed by atoms with van der Waals surface area (Å²) in [5.41, 5.74) is 0.866. The van der Waals surface area contributed by atoms with Crippen LogP contribution in [0.15, 0.2) is 49.1 Å². The lowest BCUT2D eigenvalue weighted by molar-refractivity contribution is -0.671. The highest BCUT2D eigenvalue weighted by atomic mass is 16.6. The van der Waals surface area contributed by atoms with Crippen LogP contribution in [-0.2, 0) is 27.9 Å². The Morgan fingerprint density at radius 3 is 2.68 bits per heavy atom. The van der Waals surface area contributed by atoms with Gasteiger partial charge in [0.25, 0.3) is 0 Å². The summed E-state index contributed by atoms with van der Waals surface area (Å²) in [6.45, 7) is 0.975. The number of aryl methyl sites for hydroxylation is 1. The summed E-state index contributed by atoms with van der Waals surface area (Å²) in [7, 11) is 1.96. The van der Waals surface area contributed by atoms with E-state index in [1.54, 1.807) is 0 Å². The molecule has 0 radical (unpaired) electrons. The van der Waals surface area contributed by atoms with Gasteiger partial charge in [0.15, 0.2) is 6.10 Å². The first kappa shape index (κ1) is 17.7. The highest BCUT2D eigenvalue weighted by Crippen LogP contribution is 2.28. The Labute approximate surface area is 149 Å². The fourth-order valence-corrected chi connectivity index (χ4v) is 3.25. The zero-order valence-corrected chi connectivity index (χ0v) is 14.8. The Morgan fingerprint density at radius 2 is 2.00 bits per heavy atom. The van der Waals surface area contributed by atoms with Crippen molar-refractivity contribution in [3.05, 3.63) is 54.6 Å². The average molecular weight is 343 g/mol. The number of ether oxygens (including phenoxy) is 2. The minimum absolute atomic E-state index is 0.148. The largest absolute Gasteiger partial charge is 0.459 e. The average Bonchev–Trinajstić information content (AvgIpc) is 3.06. The van der Waals surface area contributed by atoms with Crippen molar-refractivity contribution in [1.29, 1.82) is 0 Å². The first-order valence-corrected chi connectivity index (χ1v) is 9.10. The van der Waals surface area contributed by atoms with E-state index in [9.17, 15) is 4.79 Å². The first-order chi connectivity index (χ1) is 12.2. The molecule has 1 unspecified atom stereocenters. The summed E-state index contributed by atoms with van der Waals surface area (Å²) < 4.78 is 15.6. The molecule has 0 spiro atoms. The van der Waals surface area contributed by atoms with Crippen molar-refractivity contribution in [1.82, 2.24) is 4.57 Å². The van der Waals surface area contributed by atoms with E-state index in [1.807, 2.05) is 65.2 Å². The quantitative estimate of drug-likeness (QED) is 0.573. The molecule has 0 aliphatic heterocycles. The van der Waals surface area contributed by atoms with E-state index in [-0.39, 0.29) is 12.1 Å². The van der Waals surface area contributed by atoms with Crippen LogP contribution in [0.2, 0.25) is 0 Å². The third-order valence-electron chi connectivity index (χ3n) is 4.61. The lowest BCUT2D eigenvalue weighted by Gasteiger charge is -2.26. The predicted octanol–water partition coefficient (Wildman–Crippen LogP) is 2.95. The van der Waals surface area contributed by atoms with Gasteiger partial charge in [-0.25, -0.2) is 13.9 Å². The van der Waals surface area contributed by atoms with Crippen molar-refractivity contribution >= 4 is 5.97 Å². The number of carbonyl (C=O) groups is 1. The third-order valence-corrected chi connectivity index (χ3v) is 4.61. The van der Waals surface area contributed by atoms with Crippen molar-refractivity contribution < 1.29 is 18.8 Å². The number of hydrogen-bond donors (Lipinski definition) is 0. The number of hydrogen-bond acceptors (Lipinski definition) is 3. The molecule has 1 saturated carbocycles. The molecule has 1 heterocycles. The molecule has 1 aromatic carbocycles. The highest BCUT2D eigenvalue weighted by Gasteiger charge is 2.27. The first-order valence-electron chi connectivity index (χ1n) is 9.10. The zero-order chi connectivity index (χ0) is 17.5. The second-order valence-corrected chi connectivity index (χ2v) is 6.67. The van der Waals surface area contributed by atoms with Gasteiger partial charge in [-0.3, -0.25) is 0 Å². The SMILES string of the molecule is C[n+]1ccn(CCOC(=O)C(OC2CCCCC2)c2ccccc2)c1. The topological polar surface area (TPSA) is 44.3 Å². The highest BCUT2D eigenvalue weighted by molar-refractivity contribution is 5.76. The third kappa shape index (κ3) is 5.16. The Hall–Kier alpha value is -2.14. The Morgan fingerprint density at radius 1 is 1.24 bits per heavy atom. The van der Waals surface area contributed by atoms with Gasteiger partial charge in [-0.15, -0.1) is 0 Å². The van der Waals surface area contributed by atoms with Crippen LogP contribution < -0.4 is 4.57 Å². The maximum absolute atomic E-state index is 12.7. The maximum Gasteiger partial charge on any atom is 0.340 e. The molecule has 1 fully saturated rings. The fraction of sp³-hybridized carbons (Fsp3) is 0.500. The molecule has 1 atom stereocenters. The lowest BCUT2D eigenvalue weighted by Crippen LogP contribution is -2.27. The number of aromatic nitrogens is 2. The van der Waals surface area contributed by atoms with Gasteiger partial charge in [-0.05, 0) is 18.4 Å². The molecule has 0 amide bonds. The minimum Gasteiger partial charge on any atom is -0.459 e. The van der Waals surface area contributed by atoms with Crippen molar-refractivity contribution in [2.24, 2.45) is 7.05 Å². The van der Waals surface area contributed by atoms with Crippen LogP contribution in [-0.4, -0.2) is 23.2 Å². The van der Waals surface area contributed by atoms with Gasteiger partial charge >= 0.3 is 5.97 Å². The second-order valence-electron chi connectivity index (χ2n) is 6.67. The van der Waals surface area contributed by atoms with Crippen molar-refractivity contribution in [2.75, 3.05) is 6.61 Å². The van der Waals surface area contributed by atoms with Crippen LogP contribution in [0, 0.1) is 0 Å². The fourth-order valence-electron chi connectivity index (χ4n) is 3.25. The van der Waals surface area contributed by atoms with E-state index in [4.69, 9.17) is 9.47 Å². The van der Waals surface area contributed by atoms with Gasteiger partial charge in [-0.2, -0.15) is 0 Å². The standard InChI is InChI=1S/C20H27N2O3/c1-21-12-13-22(16-21)14-15-24-20(23)19(17-8-4-2-5-9-17)25-18-10-6-3-7-11-18/h2,4-5,8-9,12-13,16,18-19H,3,6-7,10-11,14-15H2,1H3/q+1. The van der Waals surface area contributed by atoms with E-state index < -0.39 is 6.10 Å². The van der Waals surface area contributed by atoms with E-state index in [0.717, 1.165) is 18.4 Å². The Bertz CT molecular complexity index is 663. The van der Waals surface area contributed by atoms with Gasteiger partial charge in [0.05, 0.1) is 13.2 Å². The van der Waals surface area contributed by atoms with Crippen LogP contribution in [0.25, 0.3) is 0 Å². The number of esters is 1. The summed E-state index contributed by atoms with van der Waals surface area (Å²) in [4.78, 5) is 12.7. The van der Waals surface area contributed by atoms with E-state index >= 15 is 0 Å². The molecule has 134 valence electrons. The summed E-state index contributed by atoms with van der Waals surface area (Å²) >= 11 is 0. The molecule has 0 bridgehead atoms. The normalized spacial score (nSPS) is 16.5. The van der Waals surface area contributed by atoms with Crippen LogP contribution in [0.4, 0.5) is 0 Å². The maximum atomic E-state index is 12.7. The molecule has 2 aromatic rings. The molecular formula is C20H27N2O3+. The monoisotopic (exact) mass is 343 g/mol. The molecule has 0 N–H and O–H groups in total. The summed E-state index contributed by atoms with van der Waals surface area (Å²) in [6.07, 6.45) is 11.0. The number of imidazole rings is 1. The number of carbonyl (C=O) groups excluding carboxylic acids is 1. The number of rotatable bonds is 7. The van der Waals surface area contributed by atoms with E-state index in [1.165, 1.54) is 19.3 Å². The Kier molecular flexibility index (Phi) is 6.23. The van der Waals surface area contributed by atoms with Crippen LogP contribution >= 0.6 is 0 Å². The Balaban J connectivity index is 1.60. The molecule has 0 saturated heterocycles. The minimum atomic E-state index is -0.634. The molecule has 5 heteroatoms. The van der Waals surface area contributed by atoms with Gasteiger partial charge in [0.1, 0.15) is 25.5 Å². The number of benzene rings is 1. The molecule has 1 aromatic heterocycles. The van der Waals surface area contributed by atoms with Crippen molar-refractivity contribution in [3.8, 4) is 0 Å². The lowest BCUT2D eigenvalue weighted by atomic mass is 9.97. The molecule has 3 rings (SSSR count). The summed E-state index contributed by atoms with van der Waals surface area (Å²) in [6, 6.07) is 9.67. The van der Waals surface area contributed by atoms with Crippen molar-refractivity contribution in [2.45, 2.75) is 50.9 Å². The van der Waals surface area contributed by atoms with Gasteiger partial charge < -0.3 is 9.47 Å². The predicted molar refractivity (Wildman–Crippen MR) is 93.7 cm³/mol.